The fourth-order valence-corrected chi connectivity index (χ4v) is 1.80. The van der Waals surface area contributed by atoms with Crippen LogP contribution in [0.3, 0.4) is 0 Å². The minimum absolute atomic E-state index is 0. The van der Waals surface area contributed by atoms with Crippen molar-refractivity contribution >= 4 is 6.29 Å². The maximum Gasteiger partial charge on any atom is 0.263 e. The molecule has 0 amide bonds. The highest BCUT2D eigenvalue weighted by Gasteiger charge is 2.12. The highest BCUT2D eigenvalue weighted by atomic mass is 79.9. The Bertz CT molecular complexity index is 310. The van der Waals surface area contributed by atoms with E-state index in [4.69, 9.17) is 0 Å². The normalized spacial score (nSPS) is 9.88. The molecule has 0 bridgehead atoms. The van der Waals surface area contributed by atoms with Crippen LogP contribution in [0.5, 0.6) is 0 Å². The van der Waals surface area contributed by atoms with E-state index in [0.29, 0.717) is 6.42 Å². The Morgan fingerprint density at radius 2 is 2.12 bits per heavy atom. The first-order valence-corrected chi connectivity index (χ1v) is 5.76. The van der Waals surface area contributed by atoms with E-state index in [1.54, 1.807) is 0 Å². The lowest BCUT2D eigenvalue weighted by molar-refractivity contribution is -0.678. The first-order valence-electron chi connectivity index (χ1n) is 5.76. The van der Waals surface area contributed by atoms with E-state index in [2.05, 4.69) is 17.7 Å². The topological polar surface area (TPSA) is 25.9 Å². The quantitative estimate of drug-likeness (QED) is 0.346. The number of rotatable bonds is 7. The van der Waals surface area contributed by atoms with Crippen molar-refractivity contribution in [1.29, 1.82) is 0 Å². The summed E-state index contributed by atoms with van der Waals surface area (Å²) in [5.41, 5.74) is 0. The van der Waals surface area contributed by atoms with E-state index in [-0.39, 0.29) is 17.0 Å². The van der Waals surface area contributed by atoms with E-state index < -0.39 is 0 Å². The van der Waals surface area contributed by atoms with Gasteiger partial charge in [0.05, 0.1) is 13.6 Å². The molecular weight excluding hydrogens is 268 g/mol. The Morgan fingerprint density at radius 1 is 1.38 bits per heavy atom. The molecule has 3 nitrogen and oxygen atoms in total. The van der Waals surface area contributed by atoms with Crippen LogP contribution in [0.2, 0.25) is 0 Å². The molecule has 0 fully saturated rings. The monoisotopic (exact) mass is 288 g/mol. The van der Waals surface area contributed by atoms with E-state index in [9.17, 15) is 4.79 Å². The summed E-state index contributed by atoms with van der Waals surface area (Å²) in [4.78, 5) is 10.5. The predicted molar refractivity (Wildman–Crippen MR) is 59.5 cm³/mol. The van der Waals surface area contributed by atoms with Crippen LogP contribution < -0.4 is 21.5 Å². The van der Waals surface area contributed by atoms with Crippen LogP contribution >= 0.6 is 0 Å². The number of aldehydes is 1. The van der Waals surface area contributed by atoms with Gasteiger partial charge >= 0.3 is 0 Å². The Hall–Kier alpha value is -0.640. The average Bonchev–Trinajstić information content (AvgIpc) is 2.57. The molecule has 0 spiro atoms. The Morgan fingerprint density at radius 3 is 2.75 bits per heavy atom. The van der Waals surface area contributed by atoms with Gasteiger partial charge in [-0.25, -0.2) is 9.13 Å². The highest BCUT2D eigenvalue weighted by molar-refractivity contribution is 5.52. The van der Waals surface area contributed by atoms with Gasteiger partial charge in [-0.2, -0.15) is 0 Å². The van der Waals surface area contributed by atoms with Gasteiger partial charge in [0.1, 0.15) is 25.1 Å². The molecule has 0 aliphatic rings. The second-order valence-corrected chi connectivity index (χ2v) is 3.95. The molecule has 0 unspecified atom stereocenters. The molecule has 4 heteroatoms. The third-order valence-electron chi connectivity index (χ3n) is 2.73. The van der Waals surface area contributed by atoms with Crippen LogP contribution in [-0.2, 0) is 24.8 Å². The second-order valence-electron chi connectivity index (χ2n) is 3.95. The van der Waals surface area contributed by atoms with Gasteiger partial charge in [0, 0.05) is 0 Å². The fraction of sp³-hybridized carbons (Fsp3) is 0.667. The number of nitrogens with zero attached hydrogens (tertiary/aromatic N) is 2. The summed E-state index contributed by atoms with van der Waals surface area (Å²) in [6, 6.07) is 0. The standard InChI is InChI=1S/C12H21N2O.BrH/c1-3-4-5-6-8-14-10-9-13(2)12(14)7-11-15;/h9-11H,3-8H2,1-2H3;1H/q+1;/p-1. The van der Waals surface area contributed by atoms with Crippen LogP contribution in [0.1, 0.15) is 38.4 Å². The number of unbranched alkanes of at least 4 members (excludes halogenated alkanes) is 3. The number of carbonyl (C=O) groups excluding carboxylic acids is 1. The molecule has 0 radical (unpaired) electrons. The van der Waals surface area contributed by atoms with Crippen molar-refractivity contribution in [2.75, 3.05) is 0 Å². The minimum atomic E-state index is 0. The van der Waals surface area contributed by atoms with Gasteiger partial charge in [-0.3, -0.25) is 0 Å². The number of imidazole rings is 1. The molecule has 1 aromatic rings. The lowest BCUT2D eigenvalue weighted by atomic mass is 10.2. The Balaban J connectivity index is 0.00000225. The summed E-state index contributed by atoms with van der Waals surface area (Å²) in [6.45, 7) is 3.25. The lowest BCUT2D eigenvalue weighted by Crippen LogP contribution is -3.00. The zero-order valence-corrected chi connectivity index (χ0v) is 11.7. The molecule has 1 heterocycles. The largest absolute Gasteiger partial charge is 1.00 e. The molecule has 0 aliphatic heterocycles. The van der Waals surface area contributed by atoms with Crippen molar-refractivity contribution in [2.24, 2.45) is 7.05 Å². The SMILES string of the molecule is CCCCCCn1cc[n+](C)c1CC=O.[Br-]. The third-order valence-corrected chi connectivity index (χ3v) is 2.73. The van der Waals surface area contributed by atoms with Crippen LogP contribution in [-0.4, -0.2) is 10.9 Å². The molecule has 0 atom stereocenters. The third kappa shape index (κ3) is 4.47. The number of aromatic nitrogens is 2. The molecule has 1 rings (SSSR count). The van der Waals surface area contributed by atoms with Gasteiger partial charge in [0.15, 0.2) is 0 Å². The zero-order valence-electron chi connectivity index (χ0n) is 10.2. The lowest BCUT2D eigenvalue weighted by Gasteiger charge is -2.00. The molecule has 16 heavy (non-hydrogen) atoms. The minimum Gasteiger partial charge on any atom is -1.00 e. The number of hydrogen-bond donors (Lipinski definition) is 0. The van der Waals surface area contributed by atoms with Crippen molar-refractivity contribution in [3.05, 3.63) is 18.2 Å². The van der Waals surface area contributed by atoms with E-state index in [1.807, 2.05) is 17.8 Å². The molecule has 92 valence electrons. The van der Waals surface area contributed by atoms with Gasteiger partial charge in [0.2, 0.25) is 0 Å². The number of halogens is 1. The van der Waals surface area contributed by atoms with Crippen molar-refractivity contribution < 1.29 is 26.3 Å². The summed E-state index contributed by atoms with van der Waals surface area (Å²) in [6.07, 6.45) is 10.6. The maximum absolute atomic E-state index is 10.5. The number of aryl methyl sites for hydroxylation is 2. The first kappa shape index (κ1) is 15.4. The average molecular weight is 289 g/mol. The van der Waals surface area contributed by atoms with Gasteiger partial charge in [-0.05, 0) is 12.8 Å². The van der Waals surface area contributed by atoms with Crippen LogP contribution in [0.4, 0.5) is 0 Å². The predicted octanol–water partition coefficient (Wildman–Crippen LogP) is -1.36. The van der Waals surface area contributed by atoms with Crippen molar-refractivity contribution in [2.45, 2.75) is 45.6 Å². The summed E-state index contributed by atoms with van der Waals surface area (Å²) >= 11 is 0. The Kier molecular flexibility index (Phi) is 8.16. The highest BCUT2D eigenvalue weighted by Crippen LogP contribution is 2.03. The fourth-order valence-electron chi connectivity index (χ4n) is 1.80. The number of hydrogen-bond acceptors (Lipinski definition) is 1. The van der Waals surface area contributed by atoms with Gasteiger partial charge in [-0.1, -0.05) is 19.8 Å². The van der Waals surface area contributed by atoms with Crippen LogP contribution in [0, 0.1) is 0 Å². The van der Waals surface area contributed by atoms with Crippen molar-refractivity contribution in [3.8, 4) is 0 Å². The smallest absolute Gasteiger partial charge is 0.263 e. The number of carbonyl (C=O) groups is 1. The molecule has 0 saturated carbocycles. The molecule has 0 saturated heterocycles. The van der Waals surface area contributed by atoms with Crippen LogP contribution in [0.25, 0.3) is 0 Å². The summed E-state index contributed by atoms with van der Waals surface area (Å²) < 4.78 is 4.21. The summed E-state index contributed by atoms with van der Waals surface area (Å²) in [5, 5.41) is 0. The zero-order chi connectivity index (χ0) is 11.1. The molecular formula is C12H21BrN2O. The van der Waals surface area contributed by atoms with Crippen molar-refractivity contribution in [3.63, 3.8) is 0 Å². The van der Waals surface area contributed by atoms with Crippen molar-refractivity contribution in [1.82, 2.24) is 4.57 Å². The van der Waals surface area contributed by atoms with E-state index >= 15 is 0 Å². The van der Waals surface area contributed by atoms with Gasteiger partial charge in [-0.15, -0.1) is 0 Å². The maximum atomic E-state index is 10.5. The summed E-state index contributed by atoms with van der Waals surface area (Å²) in [5.74, 6) is 1.10. The molecule has 0 N–H and O–H groups in total. The molecule has 0 aliphatic carbocycles. The van der Waals surface area contributed by atoms with E-state index in [1.165, 1.54) is 25.7 Å². The summed E-state index contributed by atoms with van der Waals surface area (Å²) in [7, 11) is 1.99. The Labute approximate surface area is 108 Å². The van der Waals surface area contributed by atoms with E-state index in [0.717, 1.165) is 18.7 Å². The van der Waals surface area contributed by atoms with Crippen LogP contribution in [0.15, 0.2) is 12.4 Å². The first-order chi connectivity index (χ1) is 7.29. The van der Waals surface area contributed by atoms with Gasteiger partial charge < -0.3 is 21.8 Å². The second kappa shape index (κ2) is 8.50. The molecule has 1 aromatic heterocycles. The molecule has 0 aromatic carbocycles. The van der Waals surface area contributed by atoms with Gasteiger partial charge in [0.25, 0.3) is 5.82 Å².